The van der Waals surface area contributed by atoms with Crippen LogP contribution in [0.4, 0.5) is 0 Å². The number of nitrogens with zero attached hydrogens (tertiary/aromatic N) is 1. The van der Waals surface area contributed by atoms with Crippen LogP contribution in [-0.4, -0.2) is 36.2 Å². The quantitative estimate of drug-likeness (QED) is 0.695. The van der Waals surface area contributed by atoms with Crippen LogP contribution in [0.5, 0.6) is 0 Å². The van der Waals surface area contributed by atoms with Crippen molar-refractivity contribution in [2.24, 2.45) is 5.92 Å². The molecule has 0 amide bonds. The van der Waals surface area contributed by atoms with E-state index in [0.717, 1.165) is 18.4 Å². The van der Waals surface area contributed by atoms with Gasteiger partial charge in [-0.25, -0.2) is 0 Å². The summed E-state index contributed by atoms with van der Waals surface area (Å²) in [5.41, 5.74) is 0.157. The molecule has 0 atom stereocenters. The van der Waals surface area contributed by atoms with Crippen LogP contribution in [0.2, 0.25) is 0 Å². The highest BCUT2D eigenvalue weighted by Crippen LogP contribution is 2.34. The summed E-state index contributed by atoms with van der Waals surface area (Å²) < 4.78 is 5.60. The molecule has 0 spiro atoms. The van der Waals surface area contributed by atoms with Gasteiger partial charge in [0.25, 0.3) is 0 Å². The van der Waals surface area contributed by atoms with E-state index < -0.39 is 0 Å². The Hall–Kier alpha value is -0.0800. The predicted octanol–water partition coefficient (Wildman–Crippen LogP) is 5.12. The van der Waals surface area contributed by atoms with Crippen molar-refractivity contribution < 1.29 is 4.74 Å². The Morgan fingerprint density at radius 1 is 1.00 bits per heavy atom. The lowest BCUT2D eigenvalue weighted by atomic mass is 9.82. The molecule has 2 nitrogen and oxygen atoms in total. The molecule has 0 aromatic rings. The minimum absolute atomic E-state index is 0.0419. The van der Waals surface area contributed by atoms with E-state index in [1.54, 1.807) is 0 Å². The van der Waals surface area contributed by atoms with Crippen molar-refractivity contribution in [3.05, 3.63) is 0 Å². The Balaban J connectivity index is 0.00000172. The highest BCUT2D eigenvalue weighted by Gasteiger charge is 2.36. The van der Waals surface area contributed by atoms with Gasteiger partial charge in [0, 0.05) is 18.7 Å². The van der Waals surface area contributed by atoms with E-state index in [2.05, 4.69) is 46.6 Å². The van der Waals surface area contributed by atoms with Crippen molar-refractivity contribution in [1.29, 1.82) is 0 Å². The first kappa shape index (κ1) is 19.9. The standard InChI is InChI=1S/C16H33NO.C2H6/c1-13-8-10-14(11-9-13)17(6)15(2,3)12-16(4,5)18-7;1-2/h13-14H,8-12H2,1-7H3;1-2H3. The van der Waals surface area contributed by atoms with Gasteiger partial charge in [-0.1, -0.05) is 20.8 Å². The largest absolute Gasteiger partial charge is 0.379 e. The first-order valence-electron chi connectivity index (χ1n) is 8.46. The zero-order valence-corrected chi connectivity index (χ0v) is 15.5. The van der Waals surface area contributed by atoms with Gasteiger partial charge in [-0.15, -0.1) is 0 Å². The number of hydrogen-bond acceptors (Lipinski definition) is 2. The smallest absolute Gasteiger partial charge is 0.0640 e. The maximum Gasteiger partial charge on any atom is 0.0640 e. The molecule has 1 fully saturated rings. The fourth-order valence-electron chi connectivity index (χ4n) is 3.36. The second-order valence-electron chi connectivity index (χ2n) is 7.48. The third-order valence-corrected chi connectivity index (χ3v) is 4.90. The molecule has 122 valence electrons. The average molecular weight is 286 g/mol. The summed E-state index contributed by atoms with van der Waals surface area (Å²) in [6.45, 7) is 15.5. The average Bonchev–Trinajstić information content (AvgIpc) is 2.40. The van der Waals surface area contributed by atoms with Gasteiger partial charge in [0.2, 0.25) is 0 Å². The third-order valence-electron chi connectivity index (χ3n) is 4.90. The Bertz CT molecular complexity index is 252. The van der Waals surface area contributed by atoms with Crippen LogP contribution in [0.3, 0.4) is 0 Å². The molecule has 1 saturated carbocycles. The fourth-order valence-corrected chi connectivity index (χ4v) is 3.36. The van der Waals surface area contributed by atoms with Gasteiger partial charge in [-0.2, -0.15) is 0 Å². The summed E-state index contributed by atoms with van der Waals surface area (Å²) in [5.74, 6) is 0.924. The SMILES string of the molecule is CC.COC(C)(C)CC(C)(C)N(C)C1CCC(C)CC1. The number of ether oxygens (including phenoxy) is 1. The van der Waals surface area contributed by atoms with Gasteiger partial charge < -0.3 is 4.74 Å². The van der Waals surface area contributed by atoms with Crippen LogP contribution in [0.15, 0.2) is 0 Å². The second-order valence-corrected chi connectivity index (χ2v) is 7.48. The molecule has 0 heterocycles. The molecule has 0 N–H and O–H groups in total. The molecule has 0 unspecified atom stereocenters. The van der Waals surface area contributed by atoms with Crippen molar-refractivity contribution >= 4 is 0 Å². The lowest BCUT2D eigenvalue weighted by Gasteiger charge is -2.46. The van der Waals surface area contributed by atoms with E-state index in [1.165, 1.54) is 25.7 Å². The van der Waals surface area contributed by atoms with Crippen molar-refractivity contribution in [2.75, 3.05) is 14.2 Å². The molecular weight excluding hydrogens is 246 g/mol. The van der Waals surface area contributed by atoms with Crippen LogP contribution < -0.4 is 0 Å². The number of hydrogen-bond donors (Lipinski definition) is 0. The Labute approximate surface area is 128 Å². The zero-order valence-electron chi connectivity index (χ0n) is 15.5. The predicted molar refractivity (Wildman–Crippen MR) is 90.3 cm³/mol. The van der Waals surface area contributed by atoms with Gasteiger partial charge >= 0.3 is 0 Å². The van der Waals surface area contributed by atoms with Crippen LogP contribution in [0, 0.1) is 5.92 Å². The molecule has 0 aromatic carbocycles. The van der Waals surface area contributed by atoms with E-state index in [-0.39, 0.29) is 11.1 Å². The van der Waals surface area contributed by atoms with Crippen LogP contribution in [0.25, 0.3) is 0 Å². The molecule has 1 aliphatic rings. The Morgan fingerprint density at radius 3 is 1.85 bits per heavy atom. The van der Waals surface area contributed by atoms with Gasteiger partial charge in [0.05, 0.1) is 5.60 Å². The topological polar surface area (TPSA) is 12.5 Å². The first-order chi connectivity index (χ1) is 9.18. The van der Waals surface area contributed by atoms with E-state index in [4.69, 9.17) is 4.74 Å². The summed E-state index contributed by atoms with van der Waals surface area (Å²) in [6, 6.07) is 0.754. The van der Waals surface area contributed by atoms with Crippen LogP contribution in [-0.2, 0) is 4.74 Å². The molecular formula is C18H39NO. The summed E-state index contributed by atoms with van der Waals surface area (Å²) >= 11 is 0. The Morgan fingerprint density at radius 2 is 1.45 bits per heavy atom. The van der Waals surface area contributed by atoms with Crippen molar-refractivity contribution in [3.8, 4) is 0 Å². The van der Waals surface area contributed by atoms with Crippen molar-refractivity contribution in [1.82, 2.24) is 4.90 Å². The second kappa shape index (κ2) is 8.38. The molecule has 1 aliphatic carbocycles. The fraction of sp³-hybridized carbons (Fsp3) is 1.00. The van der Waals surface area contributed by atoms with Gasteiger partial charge in [0.1, 0.15) is 0 Å². The number of methoxy groups -OCH3 is 1. The lowest BCUT2D eigenvalue weighted by molar-refractivity contribution is -0.0394. The molecule has 0 bridgehead atoms. The monoisotopic (exact) mass is 285 g/mol. The molecule has 0 aliphatic heterocycles. The molecule has 0 aromatic heterocycles. The first-order valence-corrected chi connectivity index (χ1v) is 8.46. The summed E-state index contributed by atoms with van der Waals surface area (Å²) in [7, 11) is 4.12. The summed E-state index contributed by atoms with van der Waals surface area (Å²) in [5, 5.41) is 0. The molecule has 2 heteroatoms. The highest BCUT2D eigenvalue weighted by atomic mass is 16.5. The van der Waals surface area contributed by atoms with Crippen LogP contribution >= 0.6 is 0 Å². The van der Waals surface area contributed by atoms with E-state index in [9.17, 15) is 0 Å². The normalized spacial score (nSPS) is 24.3. The lowest BCUT2D eigenvalue weighted by Crippen LogP contribution is -2.51. The highest BCUT2D eigenvalue weighted by molar-refractivity contribution is 4.91. The number of rotatable bonds is 5. The third kappa shape index (κ3) is 6.13. The maximum atomic E-state index is 5.60. The van der Waals surface area contributed by atoms with E-state index in [0.29, 0.717) is 0 Å². The van der Waals surface area contributed by atoms with E-state index in [1.807, 2.05) is 21.0 Å². The zero-order chi connectivity index (χ0) is 16.0. The molecule has 20 heavy (non-hydrogen) atoms. The van der Waals surface area contributed by atoms with E-state index >= 15 is 0 Å². The van der Waals surface area contributed by atoms with Gasteiger partial charge in [0.15, 0.2) is 0 Å². The molecule has 0 saturated heterocycles. The summed E-state index contributed by atoms with van der Waals surface area (Å²) in [4.78, 5) is 2.60. The minimum Gasteiger partial charge on any atom is -0.379 e. The van der Waals surface area contributed by atoms with Crippen LogP contribution in [0.1, 0.15) is 80.6 Å². The molecule has 1 rings (SSSR count). The Kier molecular flexibility index (Phi) is 8.35. The minimum atomic E-state index is -0.0419. The van der Waals surface area contributed by atoms with Gasteiger partial charge in [-0.05, 0) is 72.8 Å². The van der Waals surface area contributed by atoms with Crippen molar-refractivity contribution in [2.45, 2.75) is 97.8 Å². The summed E-state index contributed by atoms with van der Waals surface area (Å²) in [6.07, 6.45) is 6.56. The molecule has 0 radical (unpaired) electrons. The van der Waals surface area contributed by atoms with Crippen molar-refractivity contribution in [3.63, 3.8) is 0 Å². The maximum absolute atomic E-state index is 5.60. The van der Waals surface area contributed by atoms with Gasteiger partial charge in [-0.3, -0.25) is 4.90 Å².